The molecule has 18 heavy (non-hydrogen) atoms. The Hall–Kier alpha value is -1.77. The molecular formula is C15H19N3. The smallest absolute Gasteiger partial charge is 0.0724 e. The molecule has 0 amide bonds. The standard InChI is InChI=1S/C15H19N3/c1-16-14-7-8-17-15-6-5-12(11-13(14)15)18-9-3-2-4-10-18/h5-8,11H,2-4,9-10H2,1H3,(H,16,17). The molecule has 94 valence electrons. The Bertz CT molecular complexity index is 544. The van der Waals surface area contributed by atoms with E-state index in [0.29, 0.717) is 0 Å². The van der Waals surface area contributed by atoms with E-state index in [4.69, 9.17) is 0 Å². The van der Waals surface area contributed by atoms with E-state index in [1.54, 1.807) is 0 Å². The number of pyridine rings is 1. The lowest BCUT2D eigenvalue weighted by molar-refractivity contribution is 0.578. The maximum absolute atomic E-state index is 4.42. The number of hydrogen-bond acceptors (Lipinski definition) is 3. The fraction of sp³-hybridized carbons (Fsp3) is 0.400. The predicted octanol–water partition coefficient (Wildman–Crippen LogP) is 3.27. The van der Waals surface area contributed by atoms with Crippen LogP contribution in [0.2, 0.25) is 0 Å². The molecule has 0 unspecified atom stereocenters. The van der Waals surface area contributed by atoms with Crippen LogP contribution in [0.5, 0.6) is 0 Å². The second-order valence-corrected chi connectivity index (χ2v) is 4.86. The Morgan fingerprint density at radius 1 is 1.11 bits per heavy atom. The quantitative estimate of drug-likeness (QED) is 0.874. The lowest BCUT2D eigenvalue weighted by Crippen LogP contribution is -2.29. The molecule has 0 bridgehead atoms. The molecule has 0 radical (unpaired) electrons. The van der Waals surface area contributed by atoms with Crippen LogP contribution >= 0.6 is 0 Å². The maximum Gasteiger partial charge on any atom is 0.0724 e. The average molecular weight is 241 g/mol. The lowest BCUT2D eigenvalue weighted by Gasteiger charge is -2.29. The van der Waals surface area contributed by atoms with Gasteiger partial charge >= 0.3 is 0 Å². The highest BCUT2D eigenvalue weighted by Crippen LogP contribution is 2.27. The first-order valence-electron chi connectivity index (χ1n) is 6.70. The van der Waals surface area contributed by atoms with Crippen molar-refractivity contribution in [2.75, 3.05) is 30.4 Å². The molecule has 0 aliphatic carbocycles. The Kier molecular flexibility index (Phi) is 3.05. The monoisotopic (exact) mass is 241 g/mol. The summed E-state index contributed by atoms with van der Waals surface area (Å²) >= 11 is 0. The van der Waals surface area contributed by atoms with E-state index in [9.17, 15) is 0 Å². The molecule has 1 aliphatic heterocycles. The van der Waals surface area contributed by atoms with Gasteiger partial charge in [0.2, 0.25) is 0 Å². The molecule has 0 spiro atoms. The molecule has 0 atom stereocenters. The minimum atomic E-state index is 1.06. The van der Waals surface area contributed by atoms with Crippen molar-refractivity contribution in [2.45, 2.75) is 19.3 Å². The van der Waals surface area contributed by atoms with Crippen molar-refractivity contribution >= 4 is 22.3 Å². The zero-order valence-electron chi connectivity index (χ0n) is 10.8. The van der Waals surface area contributed by atoms with E-state index in [0.717, 1.165) is 11.2 Å². The van der Waals surface area contributed by atoms with Crippen molar-refractivity contribution in [3.8, 4) is 0 Å². The minimum Gasteiger partial charge on any atom is -0.388 e. The largest absolute Gasteiger partial charge is 0.388 e. The van der Waals surface area contributed by atoms with E-state index in [-0.39, 0.29) is 0 Å². The third kappa shape index (κ3) is 2.01. The van der Waals surface area contributed by atoms with Gasteiger partial charge in [0.25, 0.3) is 0 Å². The van der Waals surface area contributed by atoms with Gasteiger partial charge in [-0.2, -0.15) is 0 Å². The Balaban J connectivity index is 2.03. The summed E-state index contributed by atoms with van der Waals surface area (Å²) in [7, 11) is 1.96. The molecule has 1 aromatic carbocycles. The van der Waals surface area contributed by atoms with E-state index < -0.39 is 0 Å². The summed E-state index contributed by atoms with van der Waals surface area (Å²) in [5, 5.41) is 4.45. The first kappa shape index (κ1) is 11.3. The van der Waals surface area contributed by atoms with Gasteiger partial charge in [0.15, 0.2) is 0 Å². The van der Waals surface area contributed by atoms with Crippen LogP contribution in [0.15, 0.2) is 30.5 Å². The van der Waals surface area contributed by atoms with Gasteiger partial charge in [-0.1, -0.05) is 0 Å². The Morgan fingerprint density at radius 3 is 2.72 bits per heavy atom. The van der Waals surface area contributed by atoms with E-state index in [1.807, 2.05) is 19.3 Å². The number of hydrogen-bond donors (Lipinski definition) is 1. The topological polar surface area (TPSA) is 28.2 Å². The molecule has 2 aromatic rings. The zero-order valence-corrected chi connectivity index (χ0v) is 10.8. The first-order chi connectivity index (χ1) is 8.88. The van der Waals surface area contributed by atoms with Gasteiger partial charge in [-0.05, 0) is 43.5 Å². The highest BCUT2D eigenvalue weighted by atomic mass is 15.1. The highest BCUT2D eigenvalue weighted by molar-refractivity contribution is 5.93. The van der Waals surface area contributed by atoms with Crippen LogP contribution < -0.4 is 10.2 Å². The number of piperidine rings is 1. The van der Waals surface area contributed by atoms with E-state index in [1.165, 1.54) is 43.4 Å². The lowest BCUT2D eigenvalue weighted by atomic mass is 10.1. The van der Waals surface area contributed by atoms with Crippen molar-refractivity contribution in [3.05, 3.63) is 30.5 Å². The Labute approximate surface area is 108 Å². The number of rotatable bonds is 2. The van der Waals surface area contributed by atoms with Gasteiger partial charge in [0.05, 0.1) is 5.52 Å². The van der Waals surface area contributed by atoms with Crippen LogP contribution in [0.1, 0.15) is 19.3 Å². The summed E-state index contributed by atoms with van der Waals surface area (Å²) in [4.78, 5) is 6.90. The SMILES string of the molecule is CNc1ccnc2ccc(N3CCCCC3)cc12. The fourth-order valence-electron chi connectivity index (χ4n) is 2.70. The molecule has 3 nitrogen and oxygen atoms in total. The summed E-state index contributed by atoms with van der Waals surface area (Å²) in [5.74, 6) is 0. The van der Waals surface area contributed by atoms with Gasteiger partial charge in [-0.25, -0.2) is 0 Å². The second-order valence-electron chi connectivity index (χ2n) is 4.86. The summed E-state index contributed by atoms with van der Waals surface area (Å²) in [5.41, 5.74) is 3.54. The van der Waals surface area contributed by atoms with Crippen molar-refractivity contribution in [2.24, 2.45) is 0 Å². The molecule has 1 aliphatic rings. The van der Waals surface area contributed by atoms with Crippen LogP contribution in [0, 0.1) is 0 Å². The molecule has 3 rings (SSSR count). The average Bonchev–Trinajstić information content (AvgIpc) is 2.47. The van der Waals surface area contributed by atoms with Crippen molar-refractivity contribution in [3.63, 3.8) is 0 Å². The minimum absolute atomic E-state index is 1.06. The third-order valence-corrected chi connectivity index (χ3v) is 3.72. The van der Waals surface area contributed by atoms with Crippen LogP contribution in [0.25, 0.3) is 10.9 Å². The van der Waals surface area contributed by atoms with Crippen LogP contribution in [-0.2, 0) is 0 Å². The van der Waals surface area contributed by atoms with Gasteiger partial charge in [0.1, 0.15) is 0 Å². The van der Waals surface area contributed by atoms with Gasteiger partial charge in [-0.3, -0.25) is 4.98 Å². The molecule has 1 fully saturated rings. The summed E-state index contributed by atoms with van der Waals surface area (Å²) in [6, 6.07) is 8.61. The maximum atomic E-state index is 4.42. The molecule has 0 saturated carbocycles. The van der Waals surface area contributed by atoms with Crippen molar-refractivity contribution in [1.29, 1.82) is 0 Å². The van der Waals surface area contributed by atoms with Crippen LogP contribution in [0.4, 0.5) is 11.4 Å². The van der Waals surface area contributed by atoms with Gasteiger partial charge in [-0.15, -0.1) is 0 Å². The number of benzene rings is 1. The molecule has 3 heteroatoms. The van der Waals surface area contributed by atoms with Crippen molar-refractivity contribution < 1.29 is 0 Å². The van der Waals surface area contributed by atoms with Crippen LogP contribution in [-0.4, -0.2) is 25.1 Å². The van der Waals surface area contributed by atoms with Gasteiger partial charge in [0, 0.05) is 43.1 Å². The normalized spacial score (nSPS) is 15.9. The number of fused-ring (bicyclic) bond motifs is 1. The second kappa shape index (κ2) is 4.84. The molecule has 1 N–H and O–H groups in total. The van der Waals surface area contributed by atoms with Crippen LogP contribution in [0.3, 0.4) is 0 Å². The predicted molar refractivity (Wildman–Crippen MR) is 77.4 cm³/mol. The highest BCUT2D eigenvalue weighted by Gasteiger charge is 2.12. The number of nitrogens with zero attached hydrogens (tertiary/aromatic N) is 2. The Morgan fingerprint density at radius 2 is 1.94 bits per heavy atom. The van der Waals surface area contributed by atoms with E-state index >= 15 is 0 Å². The first-order valence-corrected chi connectivity index (χ1v) is 6.70. The molecule has 1 aromatic heterocycles. The zero-order chi connectivity index (χ0) is 12.4. The molecule has 1 saturated heterocycles. The summed E-state index contributed by atoms with van der Waals surface area (Å²) in [6.45, 7) is 2.36. The van der Waals surface area contributed by atoms with Crippen molar-refractivity contribution in [1.82, 2.24) is 4.98 Å². The summed E-state index contributed by atoms with van der Waals surface area (Å²) < 4.78 is 0. The number of aromatic nitrogens is 1. The number of nitrogens with one attached hydrogen (secondary N) is 1. The van der Waals surface area contributed by atoms with Gasteiger partial charge < -0.3 is 10.2 Å². The van der Waals surface area contributed by atoms with E-state index in [2.05, 4.69) is 33.4 Å². The summed E-state index contributed by atoms with van der Waals surface area (Å²) in [6.07, 6.45) is 5.84. The molecule has 2 heterocycles. The number of anilines is 2. The third-order valence-electron chi connectivity index (χ3n) is 3.72. The fourth-order valence-corrected chi connectivity index (χ4v) is 2.70. The molecular weight excluding hydrogens is 222 g/mol.